The summed E-state index contributed by atoms with van der Waals surface area (Å²) >= 11 is 0. The van der Waals surface area contributed by atoms with E-state index in [9.17, 15) is 19.2 Å². The van der Waals surface area contributed by atoms with Crippen molar-refractivity contribution in [2.75, 3.05) is 20.7 Å². The molecule has 0 bridgehead atoms. The van der Waals surface area contributed by atoms with Crippen LogP contribution < -0.4 is 10.1 Å². The number of pyridine rings is 1. The number of amides is 2. The van der Waals surface area contributed by atoms with Gasteiger partial charge in [0.25, 0.3) is 5.91 Å². The summed E-state index contributed by atoms with van der Waals surface area (Å²) in [6, 6.07) is 26.7. The van der Waals surface area contributed by atoms with Gasteiger partial charge in [-0.3, -0.25) is 9.78 Å². The molecule has 0 spiro atoms. The number of nitriles is 1. The van der Waals surface area contributed by atoms with E-state index in [1.807, 2.05) is 67.6 Å². The summed E-state index contributed by atoms with van der Waals surface area (Å²) in [5, 5.41) is 13.0. The molecule has 2 amide bonds. The fourth-order valence-corrected chi connectivity index (χ4v) is 5.38. The van der Waals surface area contributed by atoms with E-state index in [2.05, 4.69) is 16.4 Å². The SMILES string of the molecule is COc1cc(C#N)cc(-c2ccc3ncc(-c4cc(C)cc(F)c4)c(C(=O)N(C)CC[C@H](C)NC(=O)OCc4ccccc4)c3c2)c1. The van der Waals surface area contributed by atoms with Crippen LogP contribution in [0, 0.1) is 24.1 Å². The van der Waals surface area contributed by atoms with Crippen LogP contribution in [0.3, 0.4) is 0 Å². The highest BCUT2D eigenvalue weighted by Gasteiger charge is 2.23. The van der Waals surface area contributed by atoms with Gasteiger partial charge in [0.1, 0.15) is 18.2 Å². The van der Waals surface area contributed by atoms with Crippen molar-refractivity contribution in [2.24, 2.45) is 0 Å². The molecule has 0 saturated carbocycles. The standard InChI is InChI=1S/C38H35FN4O4/c1-24-14-30(18-31(39)15-24)34-22-41-35-11-10-28(29-16-27(21-40)17-32(19-29)46-4)20-33(35)36(34)37(44)43(3)13-12-25(2)42-38(45)47-23-26-8-6-5-7-9-26/h5-11,14-20,22,25H,12-13,23H2,1-4H3,(H,42,45)/t25-/m0/s1. The molecule has 1 aromatic heterocycles. The third-order valence-electron chi connectivity index (χ3n) is 7.86. The van der Waals surface area contributed by atoms with Crippen molar-refractivity contribution in [3.8, 4) is 34.1 Å². The number of halogens is 1. The number of methoxy groups -OCH3 is 1. The summed E-state index contributed by atoms with van der Waals surface area (Å²) in [6.45, 7) is 4.12. The average Bonchev–Trinajstić information content (AvgIpc) is 3.08. The second-order valence-electron chi connectivity index (χ2n) is 11.5. The van der Waals surface area contributed by atoms with Gasteiger partial charge in [-0.2, -0.15) is 5.26 Å². The first-order valence-corrected chi connectivity index (χ1v) is 15.2. The molecule has 4 aromatic carbocycles. The van der Waals surface area contributed by atoms with E-state index >= 15 is 0 Å². The summed E-state index contributed by atoms with van der Waals surface area (Å²) < 4.78 is 25.4. The smallest absolute Gasteiger partial charge is 0.407 e. The van der Waals surface area contributed by atoms with Gasteiger partial charge in [-0.25, -0.2) is 9.18 Å². The molecule has 0 saturated heterocycles. The predicted octanol–water partition coefficient (Wildman–Crippen LogP) is 7.67. The lowest BCUT2D eigenvalue weighted by molar-refractivity contribution is 0.0792. The maximum atomic E-state index is 14.6. The van der Waals surface area contributed by atoms with Crippen LogP contribution in [0.15, 0.2) is 91.1 Å². The first-order valence-electron chi connectivity index (χ1n) is 15.2. The topological polar surface area (TPSA) is 105 Å². The quantitative estimate of drug-likeness (QED) is 0.170. The minimum Gasteiger partial charge on any atom is -0.497 e. The number of nitrogens with zero attached hydrogens (tertiary/aromatic N) is 3. The summed E-state index contributed by atoms with van der Waals surface area (Å²) in [4.78, 5) is 32.9. The highest BCUT2D eigenvalue weighted by Crippen LogP contribution is 2.34. The van der Waals surface area contributed by atoms with Gasteiger partial charge in [-0.1, -0.05) is 42.5 Å². The summed E-state index contributed by atoms with van der Waals surface area (Å²) in [5.74, 6) is -0.169. The first kappa shape index (κ1) is 32.6. The van der Waals surface area contributed by atoms with Crippen LogP contribution in [0.5, 0.6) is 5.75 Å². The Bertz CT molecular complexity index is 1950. The van der Waals surface area contributed by atoms with E-state index in [4.69, 9.17) is 9.47 Å². The highest BCUT2D eigenvalue weighted by molar-refractivity contribution is 6.12. The van der Waals surface area contributed by atoms with Gasteiger partial charge in [0.05, 0.1) is 29.8 Å². The molecular formula is C38H35FN4O4. The van der Waals surface area contributed by atoms with E-state index in [0.29, 0.717) is 57.4 Å². The lowest BCUT2D eigenvalue weighted by Gasteiger charge is -2.23. The van der Waals surface area contributed by atoms with Crippen LogP contribution in [0.25, 0.3) is 33.2 Å². The molecule has 5 aromatic rings. The molecule has 1 N–H and O–H groups in total. The van der Waals surface area contributed by atoms with Gasteiger partial charge in [0, 0.05) is 36.8 Å². The number of hydrogen-bond acceptors (Lipinski definition) is 6. The zero-order chi connectivity index (χ0) is 33.5. The van der Waals surface area contributed by atoms with Gasteiger partial charge in [-0.05, 0) is 90.6 Å². The maximum Gasteiger partial charge on any atom is 0.407 e. The molecule has 5 rings (SSSR count). The Labute approximate surface area is 273 Å². The number of hydrogen-bond donors (Lipinski definition) is 1. The number of fused-ring (bicyclic) bond motifs is 1. The molecule has 0 unspecified atom stereocenters. The lowest BCUT2D eigenvalue weighted by atomic mass is 9.93. The second kappa shape index (κ2) is 14.6. The molecule has 0 radical (unpaired) electrons. The fraction of sp³-hybridized carbons (Fsp3) is 0.211. The molecule has 8 nitrogen and oxygen atoms in total. The predicted molar refractivity (Wildman–Crippen MR) is 179 cm³/mol. The van der Waals surface area contributed by atoms with Crippen LogP contribution in [0.2, 0.25) is 0 Å². The fourth-order valence-electron chi connectivity index (χ4n) is 5.38. The number of nitrogens with one attached hydrogen (secondary N) is 1. The summed E-state index contributed by atoms with van der Waals surface area (Å²) in [6.07, 6.45) is 1.53. The van der Waals surface area contributed by atoms with Crippen LogP contribution in [0.4, 0.5) is 9.18 Å². The Morgan fingerprint density at radius 2 is 1.79 bits per heavy atom. The van der Waals surface area contributed by atoms with Gasteiger partial charge in [0.15, 0.2) is 0 Å². The minimum absolute atomic E-state index is 0.158. The minimum atomic E-state index is -0.538. The normalized spacial score (nSPS) is 11.4. The molecule has 1 heterocycles. The maximum absolute atomic E-state index is 14.6. The number of aromatic nitrogens is 1. The van der Waals surface area contributed by atoms with Crippen molar-refractivity contribution in [3.05, 3.63) is 119 Å². The van der Waals surface area contributed by atoms with Crippen molar-refractivity contribution in [1.29, 1.82) is 5.26 Å². The van der Waals surface area contributed by atoms with E-state index in [-0.39, 0.29) is 18.6 Å². The van der Waals surface area contributed by atoms with Gasteiger partial charge in [0.2, 0.25) is 0 Å². The Hall–Kier alpha value is -5.75. The average molecular weight is 631 g/mol. The van der Waals surface area contributed by atoms with E-state index in [1.54, 1.807) is 37.2 Å². The van der Waals surface area contributed by atoms with Crippen LogP contribution >= 0.6 is 0 Å². The molecule has 0 fully saturated rings. The number of benzene rings is 4. The zero-order valence-electron chi connectivity index (χ0n) is 26.7. The van der Waals surface area contributed by atoms with Crippen LogP contribution in [0.1, 0.15) is 40.4 Å². The number of ether oxygens (including phenoxy) is 2. The zero-order valence-corrected chi connectivity index (χ0v) is 26.7. The molecule has 9 heteroatoms. The largest absolute Gasteiger partial charge is 0.497 e. The van der Waals surface area contributed by atoms with Crippen LogP contribution in [-0.2, 0) is 11.3 Å². The van der Waals surface area contributed by atoms with Crippen molar-refractivity contribution >= 4 is 22.9 Å². The van der Waals surface area contributed by atoms with Crippen molar-refractivity contribution in [2.45, 2.75) is 32.9 Å². The van der Waals surface area contributed by atoms with Crippen molar-refractivity contribution < 1.29 is 23.5 Å². The Balaban J connectivity index is 1.45. The third-order valence-corrected chi connectivity index (χ3v) is 7.86. The van der Waals surface area contributed by atoms with E-state index in [1.165, 1.54) is 19.2 Å². The molecular weight excluding hydrogens is 595 g/mol. The Morgan fingerprint density at radius 1 is 1.00 bits per heavy atom. The number of aryl methyl sites for hydroxylation is 1. The monoisotopic (exact) mass is 630 g/mol. The Morgan fingerprint density at radius 3 is 2.51 bits per heavy atom. The van der Waals surface area contributed by atoms with Crippen LogP contribution in [-0.4, -0.2) is 48.6 Å². The first-order chi connectivity index (χ1) is 22.6. The van der Waals surface area contributed by atoms with Crippen molar-refractivity contribution in [1.82, 2.24) is 15.2 Å². The Kier molecular flexibility index (Phi) is 10.1. The van der Waals surface area contributed by atoms with Gasteiger partial charge >= 0.3 is 6.09 Å². The number of carbonyl (C=O) groups excluding carboxylic acids is 2. The molecule has 0 aliphatic heterocycles. The van der Waals surface area contributed by atoms with E-state index < -0.39 is 11.9 Å². The number of rotatable bonds is 10. The number of carbonyl (C=O) groups is 2. The molecule has 0 aliphatic rings. The second-order valence-corrected chi connectivity index (χ2v) is 11.5. The third kappa shape index (κ3) is 7.92. The highest BCUT2D eigenvalue weighted by atomic mass is 19.1. The van der Waals surface area contributed by atoms with E-state index in [0.717, 1.165) is 16.7 Å². The summed E-state index contributed by atoms with van der Waals surface area (Å²) in [7, 11) is 3.23. The van der Waals surface area contributed by atoms with Gasteiger partial charge in [-0.15, -0.1) is 0 Å². The van der Waals surface area contributed by atoms with Crippen molar-refractivity contribution in [3.63, 3.8) is 0 Å². The summed E-state index contributed by atoms with van der Waals surface area (Å²) in [5.41, 5.74) is 5.50. The molecule has 238 valence electrons. The van der Waals surface area contributed by atoms with Gasteiger partial charge < -0.3 is 19.7 Å². The lowest BCUT2D eigenvalue weighted by Crippen LogP contribution is -2.37. The molecule has 1 atom stereocenters. The number of alkyl carbamates (subject to hydrolysis) is 1. The molecule has 47 heavy (non-hydrogen) atoms. The molecule has 0 aliphatic carbocycles.